The molecule has 0 saturated heterocycles. The first kappa shape index (κ1) is 23.4. The van der Waals surface area contributed by atoms with Crippen molar-refractivity contribution in [3.63, 3.8) is 0 Å². The largest absolute Gasteiger partial charge is 0.268 e. The lowest BCUT2D eigenvalue weighted by Crippen LogP contribution is -2.21. The van der Waals surface area contributed by atoms with Gasteiger partial charge in [0.15, 0.2) is 5.65 Å². The summed E-state index contributed by atoms with van der Waals surface area (Å²) in [5.41, 5.74) is 0.934. The fourth-order valence-corrected chi connectivity index (χ4v) is 4.61. The second-order valence-corrected chi connectivity index (χ2v) is 9.85. The summed E-state index contributed by atoms with van der Waals surface area (Å²) in [7, 11) is -3.90. The van der Waals surface area contributed by atoms with Crippen molar-refractivity contribution < 1.29 is 8.42 Å². The standard InChI is InChI=1S/C22H13ClN6O3S2/c23-14-3-1-13(2-4-14)18-17(11-25)21(33-10-9-24)28-20-19(18)22(30)29(12-27-20)15-5-7-16(8-6-15)34(26,31)32/h1-8,12H,10H2,(H2,26,31,32). The summed E-state index contributed by atoms with van der Waals surface area (Å²) in [6, 6.07) is 16.1. The number of aromatic nitrogens is 3. The Morgan fingerprint density at radius 3 is 2.35 bits per heavy atom. The maximum atomic E-state index is 13.6. The van der Waals surface area contributed by atoms with Crippen molar-refractivity contribution in [3.05, 3.63) is 75.8 Å². The van der Waals surface area contributed by atoms with Crippen LogP contribution in [0.3, 0.4) is 0 Å². The van der Waals surface area contributed by atoms with Crippen LogP contribution in [0.2, 0.25) is 5.02 Å². The topological polar surface area (TPSA) is 156 Å². The summed E-state index contributed by atoms with van der Waals surface area (Å²) in [6.07, 6.45) is 1.26. The molecule has 0 saturated carbocycles. The van der Waals surface area contributed by atoms with Crippen molar-refractivity contribution in [1.29, 1.82) is 10.5 Å². The van der Waals surface area contributed by atoms with Crippen LogP contribution in [0.15, 0.2) is 69.6 Å². The van der Waals surface area contributed by atoms with Gasteiger partial charge < -0.3 is 0 Å². The van der Waals surface area contributed by atoms with E-state index < -0.39 is 15.6 Å². The van der Waals surface area contributed by atoms with Crippen LogP contribution in [0.5, 0.6) is 0 Å². The fraction of sp³-hybridized carbons (Fsp3) is 0.0455. The molecule has 0 unspecified atom stereocenters. The van der Waals surface area contributed by atoms with Gasteiger partial charge in [0.2, 0.25) is 10.0 Å². The van der Waals surface area contributed by atoms with E-state index in [0.717, 1.165) is 11.8 Å². The minimum absolute atomic E-state index is 0.0563. The number of nitrogens with zero attached hydrogens (tertiary/aromatic N) is 5. The zero-order chi connectivity index (χ0) is 24.5. The van der Waals surface area contributed by atoms with E-state index in [9.17, 15) is 18.5 Å². The summed E-state index contributed by atoms with van der Waals surface area (Å²) in [5.74, 6) is 0.0563. The molecule has 9 nitrogen and oxygen atoms in total. The molecule has 34 heavy (non-hydrogen) atoms. The molecule has 0 atom stereocenters. The Balaban J connectivity index is 2.04. The predicted octanol–water partition coefficient (Wildman–Crippen LogP) is 3.24. The van der Waals surface area contributed by atoms with E-state index in [-0.39, 0.29) is 32.3 Å². The average molecular weight is 509 g/mol. The molecule has 2 aromatic carbocycles. The van der Waals surface area contributed by atoms with Crippen LogP contribution in [0.25, 0.3) is 27.8 Å². The second-order valence-electron chi connectivity index (χ2n) is 6.89. The summed E-state index contributed by atoms with van der Waals surface area (Å²) in [6.45, 7) is 0. The number of thioether (sulfide) groups is 1. The summed E-state index contributed by atoms with van der Waals surface area (Å²) >= 11 is 7.10. The normalized spacial score (nSPS) is 11.2. The number of rotatable bonds is 5. The summed E-state index contributed by atoms with van der Waals surface area (Å²) in [4.78, 5) is 22.2. The number of nitriles is 2. The second kappa shape index (κ2) is 9.25. The Hall–Kier alpha value is -3.74. The van der Waals surface area contributed by atoms with Crippen molar-refractivity contribution in [2.45, 2.75) is 9.92 Å². The van der Waals surface area contributed by atoms with E-state index in [1.165, 1.54) is 35.2 Å². The number of hydrogen-bond acceptors (Lipinski definition) is 8. The summed E-state index contributed by atoms with van der Waals surface area (Å²) < 4.78 is 24.3. The first-order valence-electron chi connectivity index (χ1n) is 9.49. The Bertz CT molecular complexity index is 1670. The van der Waals surface area contributed by atoms with Crippen LogP contribution in [-0.4, -0.2) is 28.7 Å². The van der Waals surface area contributed by atoms with Crippen LogP contribution in [-0.2, 0) is 10.0 Å². The SMILES string of the molecule is N#CCSc1nc2ncn(-c3ccc(S(N)(=O)=O)cc3)c(=O)c2c(-c2ccc(Cl)cc2)c1C#N. The van der Waals surface area contributed by atoms with Gasteiger partial charge in [0, 0.05) is 10.6 Å². The number of nitrogens with two attached hydrogens (primary N) is 1. The van der Waals surface area contributed by atoms with Gasteiger partial charge in [0.25, 0.3) is 5.56 Å². The van der Waals surface area contributed by atoms with Crippen molar-refractivity contribution in [2.75, 3.05) is 5.75 Å². The average Bonchev–Trinajstić information content (AvgIpc) is 2.82. The number of halogens is 1. The number of hydrogen-bond donors (Lipinski definition) is 1. The van der Waals surface area contributed by atoms with Crippen LogP contribution in [0.1, 0.15) is 5.56 Å². The smallest absolute Gasteiger partial charge is 0.268 e. The van der Waals surface area contributed by atoms with Gasteiger partial charge in [-0.1, -0.05) is 35.5 Å². The van der Waals surface area contributed by atoms with Crippen LogP contribution in [0, 0.1) is 22.7 Å². The highest BCUT2D eigenvalue weighted by molar-refractivity contribution is 7.99. The highest BCUT2D eigenvalue weighted by Gasteiger charge is 2.21. The van der Waals surface area contributed by atoms with E-state index in [2.05, 4.69) is 16.0 Å². The van der Waals surface area contributed by atoms with Gasteiger partial charge in [0.05, 0.1) is 33.4 Å². The van der Waals surface area contributed by atoms with Gasteiger partial charge in [-0.05, 0) is 42.0 Å². The minimum atomic E-state index is -3.90. The molecule has 0 aliphatic heterocycles. The lowest BCUT2D eigenvalue weighted by molar-refractivity contribution is 0.598. The number of benzene rings is 2. The van der Waals surface area contributed by atoms with Crippen molar-refractivity contribution in [1.82, 2.24) is 14.5 Å². The minimum Gasteiger partial charge on any atom is -0.268 e. The fourth-order valence-electron chi connectivity index (χ4n) is 3.33. The maximum absolute atomic E-state index is 13.6. The molecule has 2 N–H and O–H groups in total. The van der Waals surface area contributed by atoms with Gasteiger partial charge in [-0.3, -0.25) is 9.36 Å². The molecule has 0 amide bonds. The van der Waals surface area contributed by atoms with Crippen LogP contribution < -0.4 is 10.7 Å². The Labute approximate surface area is 203 Å². The number of pyridine rings is 1. The third-order valence-corrected chi connectivity index (χ3v) is 6.86. The molecule has 4 aromatic rings. The zero-order valence-corrected chi connectivity index (χ0v) is 19.5. The van der Waals surface area contributed by atoms with Gasteiger partial charge in [-0.15, -0.1) is 0 Å². The molecule has 0 aliphatic carbocycles. The predicted molar refractivity (Wildman–Crippen MR) is 128 cm³/mol. The molecule has 168 valence electrons. The van der Waals surface area contributed by atoms with Crippen molar-refractivity contribution in [3.8, 4) is 29.0 Å². The van der Waals surface area contributed by atoms with Crippen molar-refractivity contribution in [2.24, 2.45) is 5.14 Å². The Morgan fingerprint density at radius 2 is 1.76 bits per heavy atom. The third kappa shape index (κ3) is 4.38. The highest BCUT2D eigenvalue weighted by atomic mass is 35.5. The van der Waals surface area contributed by atoms with Crippen molar-refractivity contribution >= 4 is 44.4 Å². The molecule has 0 bridgehead atoms. The first-order chi connectivity index (χ1) is 16.2. The van der Waals surface area contributed by atoms with Gasteiger partial charge in [0.1, 0.15) is 17.4 Å². The first-order valence-corrected chi connectivity index (χ1v) is 12.4. The zero-order valence-electron chi connectivity index (χ0n) is 17.1. The van der Waals surface area contributed by atoms with E-state index in [0.29, 0.717) is 21.8 Å². The van der Waals surface area contributed by atoms with E-state index in [1.807, 2.05) is 6.07 Å². The molecular formula is C22H13ClN6O3S2. The monoisotopic (exact) mass is 508 g/mol. The lowest BCUT2D eigenvalue weighted by Gasteiger charge is -2.13. The quantitative estimate of drug-likeness (QED) is 0.402. The molecule has 12 heteroatoms. The molecule has 2 heterocycles. The molecule has 0 radical (unpaired) electrons. The molecule has 0 aliphatic rings. The van der Waals surface area contributed by atoms with E-state index in [4.69, 9.17) is 22.0 Å². The number of primary sulfonamides is 1. The van der Waals surface area contributed by atoms with E-state index in [1.54, 1.807) is 24.3 Å². The van der Waals surface area contributed by atoms with Crippen LogP contribution in [0.4, 0.5) is 0 Å². The molecular weight excluding hydrogens is 496 g/mol. The molecule has 4 rings (SSSR count). The lowest BCUT2D eigenvalue weighted by atomic mass is 9.99. The summed E-state index contributed by atoms with van der Waals surface area (Å²) in [5, 5.41) is 24.9. The molecule has 2 aromatic heterocycles. The Kier molecular flexibility index (Phi) is 6.37. The van der Waals surface area contributed by atoms with Crippen LogP contribution >= 0.6 is 23.4 Å². The van der Waals surface area contributed by atoms with Gasteiger partial charge in [-0.2, -0.15) is 10.5 Å². The van der Waals surface area contributed by atoms with Gasteiger partial charge in [-0.25, -0.2) is 23.5 Å². The Morgan fingerprint density at radius 1 is 1.09 bits per heavy atom. The third-order valence-electron chi connectivity index (χ3n) is 4.83. The molecule has 0 spiro atoms. The highest BCUT2D eigenvalue weighted by Crippen LogP contribution is 2.35. The number of sulfonamides is 1. The molecule has 0 fully saturated rings. The maximum Gasteiger partial charge on any atom is 0.268 e. The number of fused-ring (bicyclic) bond motifs is 1. The van der Waals surface area contributed by atoms with Gasteiger partial charge >= 0.3 is 0 Å². The van der Waals surface area contributed by atoms with E-state index >= 15 is 0 Å².